The van der Waals surface area contributed by atoms with Gasteiger partial charge < -0.3 is 5.11 Å². The maximum atomic E-state index is 12.0. The van der Waals surface area contributed by atoms with E-state index in [-0.39, 0.29) is 15.5 Å². The lowest BCUT2D eigenvalue weighted by Crippen LogP contribution is -2.18. The van der Waals surface area contributed by atoms with Crippen LogP contribution in [0.3, 0.4) is 0 Å². The molecule has 0 aliphatic heterocycles. The Hall–Kier alpha value is -2.65. The first-order chi connectivity index (χ1) is 11.2. The molecular weight excluding hydrogens is 358 g/mol. The Balaban J connectivity index is 2.26. The van der Waals surface area contributed by atoms with Crippen LogP contribution in [0.15, 0.2) is 46.4 Å². The molecule has 8 nitrogen and oxygen atoms in total. The van der Waals surface area contributed by atoms with Crippen LogP contribution in [0, 0.1) is 17.0 Å². The smallest absolute Gasteiger partial charge is 0.276 e. The number of hydrazone groups is 1. The number of nitrogens with zero attached hydrogens (tertiary/aromatic N) is 2. The highest BCUT2D eigenvalue weighted by atomic mass is 35.5. The summed E-state index contributed by atoms with van der Waals surface area (Å²) in [4.78, 5) is 11.8. The molecule has 2 aromatic carbocycles. The van der Waals surface area contributed by atoms with Gasteiger partial charge in [0.15, 0.2) is 0 Å². The van der Waals surface area contributed by atoms with Gasteiger partial charge in [0.2, 0.25) is 0 Å². The van der Waals surface area contributed by atoms with Gasteiger partial charge in [-0.1, -0.05) is 29.3 Å². The average molecular weight is 369 g/mol. The fraction of sp³-hybridized carbons (Fsp3) is 0.0714. The quantitative estimate of drug-likeness (QED) is 0.490. The van der Waals surface area contributed by atoms with Crippen LogP contribution in [0.2, 0.25) is 5.02 Å². The van der Waals surface area contributed by atoms with E-state index < -0.39 is 26.4 Å². The summed E-state index contributed by atoms with van der Waals surface area (Å²) in [5, 5.41) is 26.1. The lowest BCUT2D eigenvalue weighted by molar-refractivity contribution is -0.398. The van der Waals surface area contributed by atoms with Crippen LogP contribution in [0.1, 0.15) is 11.1 Å². The van der Waals surface area contributed by atoms with Crippen LogP contribution < -0.4 is 9.94 Å². The number of nitrogens with one attached hydrogen (secondary N) is 1. The number of benzene rings is 2. The van der Waals surface area contributed by atoms with Crippen molar-refractivity contribution < 1.29 is 18.4 Å². The number of aryl methyl sites for hydroxylation is 1. The van der Waals surface area contributed by atoms with E-state index in [1.165, 1.54) is 12.1 Å². The Morgan fingerprint density at radius 2 is 1.88 bits per heavy atom. The van der Waals surface area contributed by atoms with Crippen LogP contribution in [-0.4, -0.2) is 19.6 Å². The molecule has 126 valence electrons. The molecule has 10 heteroatoms. The second kappa shape index (κ2) is 6.85. The highest BCUT2D eigenvalue weighted by molar-refractivity contribution is 7.89. The number of nitro benzene ring substituents is 1. The van der Waals surface area contributed by atoms with Crippen molar-refractivity contribution in [1.29, 1.82) is 0 Å². The number of sulfonamides is 1. The van der Waals surface area contributed by atoms with Crippen molar-refractivity contribution in [1.82, 2.24) is 4.83 Å². The highest BCUT2D eigenvalue weighted by Crippen LogP contribution is 2.29. The molecule has 0 aliphatic carbocycles. The Bertz CT molecular complexity index is 911. The van der Waals surface area contributed by atoms with Gasteiger partial charge in [0.25, 0.3) is 15.7 Å². The molecule has 0 radical (unpaired) electrons. The second-order valence-electron chi connectivity index (χ2n) is 4.77. The summed E-state index contributed by atoms with van der Waals surface area (Å²) in [5.41, 5.74) is -0.0363. The van der Waals surface area contributed by atoms with E-state index in [9.17, 15) is 23.6 Å². The van der Waals surface area contributed by atoms with Crippen LogP contribution in [0.25, 0.3) is 0 Å². The average Bonchev–Trinajstić information content (AvgIpc) is 2.50. The van der Waals surface area contributed by atoms with Crippen molar-refractivity contribution >= 4 is 33.5 Å². The summed E-state index contributed by atoms with van der Waals surface area (Å²) in [6, 6.07) is 8.11. The molecule has 0 bridgehead atoms. The third kappa shape index (κ3) is 4.00. The molecule has 0 unspecified atom stereocenters. The first kappa shape index (κ1) is 17.7. The number of halogens is 1. The first-order valence-electron chi connectivity index (χ1n) is 6.47. The third-order valence-corrected chi connectivity index (χ3v) is 4.42. The van der Waals surface area contributed by atoms with Gasteiger partial charge in [-0.2, -0.15) is 13.5 Å². The molecule has 0 atom stereocenters. The van der Waals surface area contributed by atoms with E-state index in [2.05, 4.69) is 5.10 Å². The van der Waals surface area contributed by atoms with E-state index in [0.29, 0.717) is 0 Å². The molecular formula is C14H11ClN3O5S-. The molecule has 24 heavy (non-hydrogen) atoms. The fourth-order valence-electron chi connectivity index (χ4n) is 1.77. The molecule has 0 aliphatic rings. The van der Waals surface area contributed by atoms with E-state index in [1.54, 1.807) is 12.1 Å². The SMILES string of the molecule is Cc1ccc(S(=O)(=O)N/N=C\c2cc(Cl)cc([N+](=O)[O-])c2[O-])cc1. The zero-order chi connectivity index (χ0) is 17.9. The summed E-state index contributed by atoms with van der Waals surface area (Å²) in [6.07, 6.45) is 0.868. The minimum Gasteiger partial charge on any atom is -0.867 e. The fourth-order valence-corrected chi connectivity index (χ4v) is 2.78. The van der Waals surface area contributed by atoms with Gasteiger partial charge in [-0.05, 0) is 36.4 Å². The zero-order valence-electron chi connectivity index (χ0n) is 12.3. The molecule has 0 saturated carbocycles. The maximum Gasteiger partial charge on any atom is 0.276 e. The molecule has 0 spiro atoms. The van der Waals surface area contributed by atoms with Gasteiger partial charge in [0.1, 0.15) is 0 Å². The molecule has 0 aromatic heterocycles. The molecule has 0 heterocycles. The van der Waals surface area contributed by atoms with E-state index in [0.717, 1.165) is 23.9 Å². The molecule has 1 N–H and O–H groups in total. The van der Waals surface area contributed by atoms with E-state index >= 15 is 0 Å². The predicted octanol–water partition coefficient (Wildman–Crippen LogP) is 1.94. The van der Waals surface area contributed by atoms with Crippen LogP contribution in [0.4, 0.5) is 5.69 Å². The van der Waals surface area contributed by atoms with Crippen molar-refractivity contribution in [3.63, 3.8) is 0 Å². The summed E-state index contributed by atoms with van der Waals surface area (Å²) in [6.45, 7) is 1.81. The Morgan fingerprint density at radius 1 is 1.25 bits per heavy atom. The van der Waals surface area contributed by atoms with Gasteiger partial charge in [0, 0.05) is 11.1 Å². The van der Waals surface area contributed by atoms with Crippen LogP contribution in [0.5, 0.6) is 5.75 Å². The monoisotopic (exact) mass is 368 g/mol. The highest BCUT2D eigenvalue weighted by Gasteiger charge is 2.13. The third-order valence-electron chi connectivity index (χ3n) is 2.97. The standard InChI is InChI=1S/C14H12ClN3O5S/c1-9-2-4-12(5-3-9)24(22,23)17-16-8-10-6-11(15)7-13(14(10)19)18(20)21/h2-8,17,19H,1H3/p-1/b16-8-. The molecule has 0 saturated heterocycles. The minimum atomic E-state index is -3.91. The Kier molecular flexibility index (Phi) is 5.05. The Morgan fingerprint density at radius 3 is 2.46 bits per heavy atom. The molecule has 0 fully saturated rings. The minimum absolute atomic E-state index is 0.00956. The summed E-state index contributed by atoms with van der Waals surface area (Å²) < 4.78 is 24.0. The van der Waals surface area contributed by atoms with Gasteiger partial charge >= 0.3 is 0 Å². The molecule has 2 rings (SSSR count). The number of hydrogen-bond donors (Lipinski definition) is 1. The molecule has 0 amide bonds. The summed E-state index contributed by atoms with van der Waals surface area (Å²) >= 11 is 5.70. The van der Waals surface area contributed by atoms with E-state index in [4.69, 9.17) is 11.6 Å². The van der Waals surface area contributed by atoms with Gasteiger partial charge in [-0.15, -0.1) is 0 Å². The lowest BCUT2D eigenvalue weighted by Gasteiger charge is -2.11. The van der Waals surface area contributed by atoms with Gasteiger partial charge in [-0.3, -0.25) is 10.1 Å². The predicted molar refractivity (Wildman–Crippen MR) is 86.6 cm³/mol. The topological polar surface area (TPSA) is 125 Å². The lowest BCUT2D eigenvalue weighted by atomic mass is 10.2. The number of hydrogen-bond acceptors (Lipinski definition) is 6. The van der Waals surface area contributed by atoms with Crippen molar-refractivity contribution in [3.8, 4) is 5.75 Å². The normalized spacial score (nSPS) is 11.6. The summed E-state index contributed by atoms with van der Waals surface area (Å²) in [5.74, 6) is -0.914. The zero-order valence-corrected chi connectivity index (χ0v) is 13.8. The number of rotatable bonds is 5. The Labute approximate surface area is 142 Å². The first-order valence-corrected chi connectivity index (χ1v) is 8.33. The van der Waals surface area contributed by atoms with Crippen LogP contribution in [-0.2, 0) is 10.0 Å². The number of nitro groups is 1. The van der Waals surface area contributed by atoms with Crippen molar-refractivity contribution in [2.45, 2.75) is 11.8 Å². The maximum absolute atomic E-state index is 12.0. The largest absolute Gasteiger partial charge is 0.867 e. The van der Waals surface area contributed by atoms with Gasteiger partial charge in [0.05, 0.1) is 16.0 Å². The molecule has 2 aromatic rings. The van der Waals surface area contributed by atoms with Crippen molar-refractivity contribution in [3.05, 3.63) is 62.7 Å². The van der Waals surface area contributed by atoms with Crippen LogP contribution >= 0.6 is 11.6 Å². The van der Waals surface area contributed by atoms with E-state index in [1.807, 2.05) is 11.8 Å². The summed E-state index contributed by atoms with van der Waals surface area (Å²) in [7, 11) is -3.91. The second-order valence-corrected chi connectivity index (χ2v) is 6.86. The van der Waals surface area contributed by atoms with Crippen molar-refractivity contribution in [2.24, 2.45) is 5.10 Å². The van der Waals surface area contributed by atoms with Gasteiger partial charge in [-0.25, -0.2) is 4.83 Å². The van der Waals surface area contributed by atoms with Crippen molar-refractivity contribution in [2.75, 3.05) is 0 Å².